The van der Waals surface area contributed by atoms with E-state index in [0.717, 1.165) is 49.5 Å². The van der Waals surface area contributed by atoms with E-state index >= 15 is 0 Å². The molecule has 1 saturated heterocycles. The Morgan fingerprint density at radius 2 is 2.14 bits per heavy atom. The summed E-state index contributed by atoms with van der Waals surface area (Å²) in [6.45, 7) is 4.43. The van der Waals surface area contributed by atoms with Crippen molar-refractivity contribution in [3.8, 4) is 0 Å². The smallest absolute Gasteiger partial charge is 0.127 e. The molecule has 2 heterocycles. The van der Waals surface area contributed by atoms with Gasteiger partial charge in [-0.3, -0.25) is 0 Å². The highest BCUT2D eigenvalue weighted by Crippen LogP contribution is 2.32. The maximum atomic E-state index is 6.30. The summed E-state index contributed by atoms with van der Waals surface area (Å²) in [6.07, 6.45) is 2.27. The topological polar surface area (TPSA) is 27.1 Å². The molecule has 1 aliphatic rings. The normalized spacial score (nSPS) is 20.9. The van der Waals surface area contributed by atoms with E-state index in [4.69, 9.17) is 39.5 Å². The largest absolute Gasteiger partial charge is 0.381 e. The predicted octanol–water partition coefficient (Wildman–Crippen LogP) is 5.07. The van der Waals surface area contributed by atoms with E-state index < -0.39 is 0 Å². The van der Waals surface area contributed by atoms with Crippen molar-refractivity contribution in [2.45, 2.75) is 31.7 Å². The second kappa shape index (κ2) is 6.33. The van der Waals surface area contributed by atoms with Crippen molar-refractivity contribution in [3.05, 3.63) is 28.0 Å². The van der Waals surface area contributed by atoms with Crippen LogP contribution >= 0.6 is 34.8 Å². The van der Waals surface area contributed by atoms with Crippen LogP contribution in [0.3, 0.4) is 0 Å². The van der Waals surface area contributed by atoms with Gasteiger partial charge in [0.15, 0.2) is 0 Å². The molecule has 0 N–H and O–H groups in total. The van der Waals surface area contributed by atoms with Crippen LogP contribution in [0.5, 0.6) is 0 Å². The number of halogens is 3. The van der Waals surface area contributed by atoms with Crippen LogP contribution < -0.4 is 0 Å². The number of rotatable bonds is 3. The quantitative estimate of drug-likeness (QED) is 0.725. The second-order valence-electron chi connectivity index (χ2n) is 5.53. The highest BCUT2D eigenvalue weighted by atomic mass is 35.5. The average Bonchev–Trinajstić information content (AvgIpc) is 2.79. The molecule has 1 aromatic carbocycles. The van der Waals surface area contributed by atoms with Crippen LogP contribution in [0, 0.1) is 5.92 Å². The average molecular weight is 348 g/mol. The van der Waals surface area contributed by atoms with Gasteiger partial charge in [-0.2, -0.15) is 0 Å². The van der Waals surface area contributed by atoms with E-state index in [-0.39, 0.29) is 5.38 Å². The number of nitrogens with zero attached hydrogens (tertiary/aromatic N) is 2. The maximum absolute atomic E-state index is 6.30. The van der Waals surface area contributed by atoms with Crippen molar-refractivity contribution in [1.29, 1.82) is 0 Å². The van der Waals surface area contributed by atoms with Crippen LogP contribution in [0.15, 0.2) is 12.1 Å². The van der Waals surface area contributed by atoms with Crippen LogP contribution in [-0.4, -0.2) is 22.8 Å². The van der Waals surface area contributed by atoms with Gasteiger partial charge in [-0.25, -0.2) is 4.98 Å². The van der Waals surface area contributed by atoms with Gasteiger partial charge in [0.1, 0.15) is 5.82 Å². The number of alkyl halides is 1. The molecular weight excluding hydrogens is 331 g/mol. The molecule has 0 saturated carbocycles. The number of fused-ring (bicyclic) bond motifs is 1. The molecule has 21 heavy (non-hydrogen) atoms. The third kappa shape index (κ3) is 3.16. The third-order valence-electron chi connectivity index (χ3n) is 3.87. The molecule has 1 aromatic heterocycles. The highest BCUT2D eigenvalue weighted by molar-refractivity contribution is 6.42. The fourth-order valence-corrected chi connectivity index (χ4v) is 3.33. The summed E-state index contributed by atoms with van der Waals surface area (Å²) in [5, 5.41) is 0.891. The lowest BCUT2D eigenvalue weighted by atomic mass is 10.0. The SMILES string of the molecule is CC(Cl)c1nc2cc(Cl)c(Cl)cc2n1CC1CCCOC1. The van der Waals surface area contributed by atoms with E-state index in [0.29, 0.717) is 16.0 Å². The molecule has 0 radical (unpaired) electrons. The van der Waals surface area contributed by atoms with Gasteiger partial charge in [-0.05, 0) is 31.9 Å². The van der Waals surface area contributed by atoms with Crippen LogP contribution in [0.25, 0.3) is 11.0 Å². The summed E-state index contributed by atoms with van der Waals surface area (Å²) >= 11 is 18.5. The van der Waals surface area contributed by atoms with Crippen LogP contribution in [0.2, 0.25) is 10.0 Å². The molecule has 2 unspecified atom stereocenters. The minimum absolute atomic E-state index is 0.167. The Hall–Kier alpha value is -0.480. The predicted molar refractivity (Wildman–Crippen MR) is 87.6 cm³/mol. The number of imidazole rings is 1. The minimum Gasteiger partial charge on any atom is -0.381 e. The first-order valence-electron chi connectivity index (χ1n) is 7.13. The summed E-state index contributed by atoms with van der Waals surface area (Å²) in [6, 6.07) is 3.68. The summed E-state index contributed by atoms with van der Waals surface area (Å²) in [5.74, 6) is 1.34. The molecular formula is C15H17Cl3N2O. The fraction of sp³-hybridized carbons (Fsp3) is 0.533. The molecule has 0 aliphatic carbocycles. The van der Waals surface area contributed by atoms with Gasteiger partial charge in [0.25, 0.3) is 0 Å². The van der Waals surface area contributed by atoms with Gasteiger partial charge in [0.05, 0.1) is 33.1 Å². The Labute approximate surface area is 139 Å². The van der Waals surface area contributed by atoms with Crippen molar-refractivity contribution >= 4 is 45.8 Å². The van der Waals surface area contributed by atoms with E-state index in [1.165, 1.54) is 0 Å². The molecule has 2 aromatic rings. The standard InChI is InChI=1S/C15H17Cl3N2O/c1-9(16)15-19-13-5-11(17)12(18)6-14(13)20(15)7-10-3-2-4-21-8-10/h5-6,9-10H,2-4,7-8H2,1H3. The zero-order valence-corrected chi connectivity index (χ0v) is 14.0. The number of hydrogen-bond donors (Lipinski definition) is 0. The third-order valence-corrected chi connectivity index (χ3v) is 4.79. The molecule has 0 bridgehead atoms. The Balaban J connectivity index is 2.04. The Morgan fingerprint density at radius 3 is 2.81 bits per heavy atom. The summed E-state index contributed by atoms with van der Waals surface area (Å²) < 4.78 is 7.73. The van der Waals surface area contributed by atoms with Crippen molar-refractivity contribution < 1.29 is 4.74 Å². The fourth-order valence-electron chi connectivity index (χ4n) is 2.84. The minimum atomic E-state index is -0.167. The molecule has 0 amide bonds. The summed E-state index contributed by atoms with van der Waals surface area (Å²) in [7, 11) is 0. The first kappa shape index (κ1) is 15.4. The van der Waals surface area contributed by atoms with Gasteiger partial charge in [0, 0.05) is 19.1 Å². The molecule has 3 nitrogen and oxygen atoms in total. The Morgan fingerprint density at radius 1 is 1.38 bits per heavy atom. The van der Waals surface area contributed by atoms with Crippen molar-refractivity contribution in [2.24, 2.45) is 5.92 Å². The van der Waals surface area contributed by atoms with Crippen LogP contribution in [0.1, 0.15) is 31.0 Å². The lowest BCUT2D eigenvalue weighted by Gasteiger charge is -2.24. The van der Waals surface area contributed by atoms with Crippen molar-refractivity contribution in [1.82, 2.24) is 9.55 Å². The monoisotopic (exact) mass is 346 g/mol. The lowest BCUT2D eigenvalue weighted by molar-refractivity contribution is 0.0485. The van der Waals surface area contributed by atoms with Crippen LogP contribution in [0.4, 0.5) is 0 Å². The maximum Gasteiger partial charge on any atom is 0.127 e. The number of ether oxygens (including phenoxy) is 1. The number of hydrogen-bond acceptors (Lipinski definition) is 2. The van der Waals surface area contributed by atoms with Crippen LogP contribution in [-0.2, 0) is 11.3 Å². The first-order chi connectivity index (χ1) is 10.1. The van der Waals surface area contributed by atoms with E-state index in [2.05, 4.69) is 9.55 Å². The second-order valence-corrected chi connectivity index (χ2v) is 7.00. The molecule has 2 atom stereocenters. The first-order valence-corrected chi connectivity index (χ1v) is 8.32. The van der Waals surface area contributed by atoms with E-state index in [1.807, 2.05) is 13.0 Å². The molecule has 0 spiro atoms. The molecule has 6 heteroatoms. The zero-order chi connectivity index (χ0) is 15.0. The number of benzene rings is 1. The van der Waals surface area contributed by atoms with Gasteiger partial charge < -0.3 is 9.30 Å². The summed E-state index contributed by atoms with van der Waals surface area (Å²) in [5.41, 5.74) is 1.82. The molecule has 3 rings (SSSR count). The lowest BCUT2D eigenvalue weighted by Crippen LogP contribution is -2.23. The van der Waals surface area contributed by atoms with Gasteiger partial charge >= 0.3 is 0 Å². The summed E-state index contributed by atoms with van der Waals surface area (Å²) in [4.78, 5) is 4.63. The molecule has 1 fully saturated rings. The highest BCUT2D eigenvalue weighted by Gasteiger charge is 2.21. The molecule has 114 valence electrons. The zero-order valence-electron chi connectivity index (χ0n) is 11.8. The number of aromatic nitrogens is 2. The van der Waals surface area contributed by atoms with Crippen molar-refractivity contribution in [2.75, 3.05) is 13.2 Å². The molecule has 1 aliphatic heterocycles. The van der Waals surface area contributed by atoms with Gasteiger partial charge in [-0.15, -0.1) is 11.6 Å². The van der Waals surface area contributed by atoms with Crippen molar-refractivity contribution in [3.63, 3.8) is 0 Å². The Bertz CT molecular complexity index is 648. The van der Waals surface area contributed by atoms with Gasteiger partial charge in [-0.1, -0.05) is 23.2 Å². The van der Waals surface area contributed by atoms with E-state index in [1.54, 1.807) is 6.07 Å². The van der Waals surface area contributed by atoms with E-state index in [9.17, 15) is 0 Å². The van der Waals surface area contributed by atoms with Gasteiger partial charge in [0.2, 0.25) is 0 Å². The Kier molecular flexibility index (Phi) is 4.65.